The molecule has 14 heavy (non-hydrogen) atoms. The molecule has 0 aliphatic carbocycles. The lowest BCUT2D eigenvalue weighted by atomic mass is 9.96. The zero-order chi connectivity index (χ0) is 10.8. The second kappa shape index (κ2) is 4.28. The molecule has 0 saturated carbocycles. The van der Waals surface area contributed by atoms with Crippen molar-refractivity contribution < 1.29 is 4.39 Å². The SMILES string of the molecule is CC(C)(N)CCc1ccc(Cl)cc1F. The Labute approximate surface area is 89.1 Å². The van der Waals surface area contributed by atoms with Gasteiger partial charge in [-0.15, -0.1) is 0 Å². The molecular weight excluding hydrogens is 201 g/mol. The summed E-state index contributed by atoms with van der Waals surface area (Å²) >= 11 is 5.64. The van der Waals surface area contributed by atoms with E-state index in [9.17, 15) is 4.39 Å². The highest BCUT2D eigenvalue weighted by atomic mass is 35.5. The highest BCUT2D eigenvalue weighted by Crippen LogP contribution is 2.18. The first-order chi connectivity index (χ1) is 6.38. The van der Waals surface area contributed by atoms with Crippen LogP contribution in [0.15, 0.2) is 18.2 Å². The van der Waals surface area contributed by atoms with Crippen LogP contribution < -0.4 is 5.73 Å². The van der Waals surface area contributed by atoms with E-state index in [0.29, 0.717) is 17.0 Å². The van der Waals surface area contributed by atoms with E-state index in [1.165, 1.54) is 6.07 Å². The monoisotopic (exact) mass is 215 g/mol. The third-order valence-corrected chi connectivity index (χ3v) is 2.29. The molecule has 2 N–H and O–H groups in total. The molecule has 0 spiro atoms. The van der Waals surface area contributed by atoms with Crippen molar-refractivity contribution in [3.63, 3.8) is 0 Å². The number of hydrogen-bond acceptors (Lipinski definition) is 1. The molecule has 0 bridgehead atoms. The van der Waals surface area contributed by atoms with Gasteiger partial charge in [0.05, 0.1) is 0 Å². The molecule has 1 nitrogen and oxygen atoms in total. The molecule has 1 rings (SSSR count). The van der Waals surface area contributed by atoms with Crippen LogP contribution in [-0.2, 0) is 6.42 Å². The maximum Gasteiger partial charge on any atom is 0.127 e. The first-order valence-corrected chi connectivity index (χ1v) is 4.99. The van der Waals surface area contributed by atoms with Gasteiger partial charge in [-0.3, -0.25) is 0 Å². The second-order valence-electron chi connectivity index (χ2n) is 4.22. The summed E-state index contributed by atoms with van der Waals surface area (Å²) in [6, 6.07) is 4.74. The van der Waals surface area contributed by atoms with Crippen LogP contribution in [-0.4, -0.2) is 5.54 Å². The van der Waals surface area contributed by atoms with Gasteiger partial charge >= 0.3 is 0 Å². The summed E-state index contributed by atoms with van der Waals surface area (Å²) in [7, 11) is 0. The van der Waals surface area contributed by atoms with E-state index in [-0.39, 0.29) is 11.4 Å². The number of benzene rings is 1. The average molecular weight is 216 g/mol. The van der Waals surface area contributed by atoms with Crippen LogP contribution in [0.5, 0.6) is 0 Å². The van der Waals surface area contributed by atoms with Crippen LogP contribution >= 0.6 is 11.6 Å². The van der Waals surface area contributed by atoms with Gasteiger partial charge in [0.15, 0.2) is 0 Å². The first-order valence-electron chi connectivity index (χ1n) is 4.61. The van der Waals surface area contributed by atoms with Crippen molar-refractivity contribution >= 4 is 11.6 Å². The van der Waals surface area contributed by atoms with E-state index in [1.54, 1.807) is 12.1 Å². The quantitative estimate of drug-likeness (QED) is 0.824. The number of halogens is 2. The van der Waals surface area contributed by atoms with Crippen LogP contribution in [0.1, 0.15) is 25.8 Å². The second-order valence-corrected chi connectivity index (χ2v) is 4.66. The van der Waals surface area contributed by atoms with Crippen molar-refractivity contribution in [2.24, 2.45) is 5.73 Å². The topological polar surface area (TPSA) is 26.0 Å². The van der Waals surface area contributed by atoms with E-state index in [0.717, 1.165) is 6.42 Å². The van der Waals surface area contributed by atoms with Crippen molar-refractivity contribution in [3.05, 3.63) is 34.6 Å². The van der Waals surface area contributed by atoms with Gasteiger partial charge < -0.3 is 5.73 Å². The molecule has 0 unspecified atom stereocenters. The first kappa shape index (κ1) is 11.5. The van der Waals surface area contributed by atoms with E-state index < -0.39 is 0 Å². The summed E-state index contributed by atoms with van der Waals surface area (Å²) in [5.41, 5.74) is 6.23. The largest absolute Gasteiger partial charge is 0.326 e. The Morgan fingerprint density at radius 1 is 1.43 bits per heavy atom. The zero-order valence-corrected chi connectivity index (χ0v) is 9.24. The molecule has 0 atom stereocenters. The smallest absolute Gasteiger partial charge is 0.127 e. The van der Waals surface area contributed by atoms with Gasteiger partial charge in [-0.2, -0.15) is 0 Å². The predicted molar refractivity (Wildman–Crippen MR) is 58.0 cm³/mol. The number of hydrogen-bond donors (Lipinski definition) is 1. The van der Waals surface area contributed by atoms with Gasteiger partial charge in [-0.1, -0.05) is 17.7 Å². The Morgan fingerprint density at radius 3 is 2.57 bits per heavy atom. The van der Waals surface area contributed by atoms with Crippen molar-refractivity contribution in [1.29, 1.82) is 0 Å². The van der Waals surface area contributed by atoms with Crippen molar-refractivity contribution in [2.45, 2.75) is 32.2 Å². The van der Waals surface area contributed by atoms with E-state index >= 15 is 0 Å². The van der Waals surface area contributed by atoms with Crippen molar-refractivity contribution in [2.75, 3.05) is 0 Å². The van der Waals surface area contributed by atoms with Gasteiger partial charge in [-0.05, 0) is 44.4 Å². The predicted octanol–water partition coefficient (Wildman–Crippen LogP) is 3.15. The van der Waals surface area contributed by atoms with E-state index in [2.05, 4.69) is 0 Å². The molecule has 0 saturated heterocycles. The third-order valence-electron chi connectivity index (χ3n) is 2.05. The van der Waals surface area contributed by atoms with Crippen LogP contribution in [0.2, 0.25) is 5.02 Å². The molecule has 0 aromatic heterocycles. The number of aryl methyl sites for hydroxylation is 1. The summed E-state index contributed by atoms with van der Waals surface area (Å²) in [5.74, 6) is -0.248. The Hall–Kier alpha value is -0.600. The van der Waals surface area contributed by atoms with Crippen LogP contribution in [0.3, 0.4) is 0 Å². The summed E-state index contributed by atoms with van der Waals surface area (Å²) in [6.45, 7) is 3.86. The van der Waals surface area contributed by atoms with E-state index in [4.69, 9.17) is 17.3 Å². The van der Waals surface area contributed by atoms with Crippen LogP contribution in [0.4, 0.5) is 4.39 Å². The van der Waals surface area contributed by atoms with E-state index in [1.807, 2.05) is 13.8 Å². The molecule has 0 amide bonds. The minimum Gasteiger partial charge on any atom is -0.326 e. The van der Waals surface area contributed by atoms with Gasteiger partial charge in [0.2, 0.25) is 0 Å². The molecule has 0 aliphatic heterocycles. The van der Waals surface area contributed by atoms with Gasteiger partial charge in [0.25, 0.3) is 0 Å². The summed E-state index contributed by atoms with van der Waals surface area (Å²) < 4.78 is 13.3. The highest BCUT2D eigenvalue weighted by Gasteiger charge is 2.12. The molecule has 0 aliphatic rings. The van der Waals surface area contributed by atoms with Crippen molar-refractivity contribution in [3.8, 4) is 0 Å². The molecule has 1 aromatic carbocycles. The molecule has 0 fully saturated rings. The maximum atomic E-state index is 13.3. The Balaban J connectivity index is 2.68. The Kier molecular flexibility index (Phi) is 3.51. The molecule has 1 aromatic rings. The minimum absolute atomic E-state index is 0.248. The third kappa shape index (κ3) is 3.64. The summed E-state index contributed by atoms with van der Waals surface area (Å²) in [4.78, 5) is 0. The fraction of sp³-hybridized carbons (Fsp3) is 0.455. The van der Waals surface area contributed by atoms with Gasteiger partial charge in [-0.25, -0.2) is 4.39 Å². The molecule has 0 radical (unpaired) electrons. The molecule has 78 valence electrons. The van der Waals surface area contributed by atoms with Crippen LogP contribution in [0, 0.1) is 5.82 Å². The average Bonchev–Trinajstić information content (AvgIpc) is 2.00. The fourth-order valence-corrected chi connectivity index (χ4v) is 1.34. The highest BCUT2D eigenvalue weighted by molar-refractivity contribution is 6.30. The van der Waals surface area contributed by atoms with Crippen LogP contribution in [0.25, 0.3) is 0 Å². The van der Waals surface area contributed by atoms with Gasteiger partial charge in [0, 0.05) is 10.6 Å². The Morgan fingerprint density at radius 2 is 2.07 bits per heavy atom. The summed E-state index contributed by atoms with van der Waals surface area (Å²) in [6.07, 6.45) is 1.40. The molecular formula is C11H15ClFN. The Bertz CT molecular complexity index is 318. The fourth-order valence-electron chi connectivity index (χ4n) is 1.18. The maximum absolute atomic E-state index is 13.3. The minimum atomic E-state index is -0.258. The van der Waals surface area contributed by atoms with Gasteiger partial charge in [0.1, 0.15) is 5.82 Å². The number of nitrogens with two attached hydrogens (primary N) is 1. The lowest BCUT2D eigenvalue weighted by Gasteiger charge is -2.18. The standard InChI is InChI=1S/C11H15ClFN/c1-11(2,14)6-5-8-3-4-9(12)7-10(8)13/h3-4,7H,5-6,14H2,1-2H3. The lowest BCUT2D eigenvalue weighted by molar-refractivity contribution is 0.470. The summed E-state index contributed by atoms with van der Waals surface area (Å²) in [5, 5.41) is 0.429. The van der Waals surface area contributed by atoms with Crippen molar-refractivity contribution in [1.82, 2.24) is 0 Å². The lowest BCUT2D eigenvalue weighted by Crippen LogP contribution is -2.32. The molecule has 0 heterocycles. The number of rotatable bonds is 3. The normalized spacial score (nSPS) is 11.8. The zero-order valence-electron chi connectivity index (χ0n) is 8.48. The molecule has 3 heteroatoms.